The fourth-order valence-corrected chi connectivity index (χ4v) is 0.871. The number of ether oxygens (including phenoxy) is 1. The average Bonchev–Trinajstić information content (AvgIpc) is 1.95. The molecule has 0 atom stereocenters. The molecule has 0 aliphatic heterocycles. The third kappa shape index (κ3) is 1.42. The second-order valence-corrected chi connectivity index (χ2v) is 2.52. The molecular weight excluding hydrogens is 148 g/mol. The first-order valence-electron chi connectivity index (χ1n) is 3.04. The van der Waals surface area contributed by atoms with Gasteiger partial charge in [-0.05, 0) is 24.6 Å². The van der Waals surface area contributed by atoms with E-state index in [1.54, 1.807) is 13.2 Å². The molecule has 1 rings (SSSR count). The fourth-order valence-electron chi connectivity index (χ4n) is 0.701. The maximum absolute atomic E-state index is 5.81. The Morgan fingerprint density at radius 1 is 1.40 bits per heavy atom. The van der Waals surface area contributed by atoms with E-state index in [-0.39, 0.29) is 0 Å². The molecule has 1 nitrogen and oxygen atoms in total. The van der Waals surface area contributed by atoms with Crippen LogP contribution in [0.25, 0.3) is 0 Å². The second-order valence-electron chi connectivity index (χ2n) is 2.12. The van der Waals surface area contributed by atoms with Gasteiger partial charge in [-0.1, -0.05) is 17.7 Å². The first-order chi connectivity index (χ1) is 4.74. The van der Waals surface area contributed by atoms with Gasteiger partial charge in [0.05, 0.1) is 7.11 Å². The van der Waals surface area contributed by atoms with Gasteiger partial charge in [0.2, 0.25) is 0 Å². The number of hydrogen-bond acceptors (Lipinski definition) is 1. The van der Waals surface area contributed by atoms with Crippen LogP contribution in [-0.4, -0.2) is 7.11 Å². The maximum atomic E-state index is 5.81. The predicted molar refractivity (Wildman–Crippen MR) is 42.7 cm³/mol. The van der Waals surface area contributed by atoms with E-state index in [1.807, 2.05) is 19.1 Å². The Hall–Kier alpha value is -0.690. The van der Waals surface area contributed by atoms with Gasteiger partial charge in [0, 0.05) is 5.02 Å². The molecule has 54 valence electrons. The van der Waals surface area contributed by atoms with Crippen molar-refractivity contribution in [3.05, 3.63) is 28.8 Å². The van der Waals surface area contributed by atoms with Crippen LogP contribution in [0.4, 0.5) is 0 Å². The highest BCUT2D eigenvalue weighted by atomic mass is 35.5. The van der Waals surface area contributed by atoms with E-state index in [0.29, 0.717) is 0 Å². The Morgan fingerprint density at radius 2 is 2.10 bits per heavy atom. The van der Waals surface area contributed by atoms with Crippen molar-refractivity contribution in [3.63, 3.8) is 0 Å². The molecule has 0 aromatic heterocycles. The first-order valence-corrected chi connectivity index (χ1v) is 3.42. The van der Waals surface area contributed by atoms with Crippen LogP contribution in [0.3, 0.4) is 0 Å². The summed E-state index contributed by atoms with van der Waals surface area (Å²) in [4.78, 5) is 0. The summed E-state index contributed by atoms with van der Waals surface area (Å²) in [5, 5.41) is 0.749. The van der Waals surface area contributed by atoms with Gasteiger partial charge < -0.3 is 4.74 Å². The Bertz CT molecular complexity index is 233. The summed E-state index contributed by atoms with van der Waals surface area (Å²) in [5.74, 6) is 0.801. The lowest BCUT2D eigenvalue weighted by Gasteiger charge is -2.00. The number of hydrogen-bond donors (Lipinski definition) is 0. The van der Waals surface area contributed by atoms with Crippen LogP contribution in [0.15, 0.2) is 18.2 Å². The smallest absolute Gasteiger partial charge is 0.120 e. The minimum atomic E-state index is 0.749. The molecule has 0 saturated carbocycles. The average molecular weight is 157 g/mol. The molecule has 0 N–H and O–H groups in total. The van der Waals surface area contributed by atoms with Crippen molar-refractivity contribution in [2.75, 3.05) is 7.11 Å². The molecular formula is C8H9ClO. The van der Waals surface area contributed by atoms with Gasteiger partial charge in [0.15, 0.2) is 0 Å². The minimum absolute atomic E-state index is 0.749. The van der Waals surface area contributed by atoms with E-state index in [0.717, 1.165) is 16.3 Å². The fraction of sp³-hybridized carbons (Fsp3) is 0.250. The van der Waals surface area contributed by atoms with Crippen molar-refractivity contribution in [3.8, 4) is 5.75 Å². The summed E-state index contributed by atoms with van der Waals surface area (Å²) in [7, 11) is 1.63. The largest absolute Gasteiger partial charge is 0.497 e. The van der Waals surface area contributed by atoms with Gasteiger partial charge in [-0.3, -0.25) is 0 Å². The van der Waals surface area contributed by atoms with Crippen molar-refractivity contribution in [2.45, 2.75) is 6.92 Å². The molecule has 10 heavy (non-hydrogen) atoms. The molecule has 0 aliphatic carbocycles. The van der Waals surface area contributed by atoms with Gasteiger partial charge in [0.1, 0.15) is 5.75 Å². The van der Waals surface area contributed by atoms with Crippen LogP contribution >= 0.6 is 11.6 Å². The molecule has 0 spiro atoms. The Labute approximate surface area is 65.6 Å². The van der Waals surface area contributed by atoms with E-state index < -0.39 is 0 Å². The first kappa shape index (κ1) is 7.42. The van der Waals surface area contributed by atoms with Crippen LogP contribution in [-0.2, 0) is 0 Å². The van der Waals surface area contributed by atoms with Crippen LogP contribution in [0.2, 0.25) is 5.02 Å². The van der Waals surface area contributed by atoms with Crippen LogP contribution in [0, 0.1) is 6.92 Å². The minimum Gasteiger partial charge on any atom is -0.497 e. The molecule has 1 aromatic carbocycles. The zero-order valence-electron chi connectivity index (χ0n) is 6.02. The summed E-state index contributed by atoms with van der Waals surface area (Å²) in [6, 6.07) is 5.62. The number of halogens is 1. The molecule has 0 saturated heterocycles. The second kappa shape index (κ2) is 2.93. The zero-order chi connectivity index (χ0) is 7.56. The zero-order valence-corrected chi connectivity index (χ0v) is 6.77. The molecule has 1 aromatic rings. The number of benzene rings is 1. The molecule has 0 aliphatic rings. The third-order valence-corrected chi connectivity index (χ3v) is 1.79. The monoisotopic (exact) mass is 156 g/mol. The van der Waals surface area contributed by atoms with Crippen LogP contribution in [0.5, 0.6) is 5.75 Å². The lowest BCUT2D eigenvalue weighted by Crippen LogP contribution is -1.82. The summed E-state index contributed by atoms with van der Waals surface area (Å²) in [6.45, 7) is 1.96. The number of aryl methyl sites for hydroxylation is 1. The SMILES string of the molecule is COc1ccc(C)c(Cl)c1. The summed E-state index contributed by atoms with van der Waals surface area (Å²) in [5.41, 5.74) is 1.07. The van der Waals surface area contributed by atoms with Crippen LogP contribution in [0.1, 0.15) is 5.56 Å². The topological polar surface area (TPSA) is 9.23 Å². The number of rotatable bonds is 1. The molecule has 0 heterocycles. The Morgan fingerprint density at radius 3 is 2.60 bits per heavy atom. The van der Waals surface area contributed by atoms with Gasteiger partial charge in [-0.15, -0.1) is 0 Å². The molecule has 0 unspecified atom stereocenters. The third-order valence-electron chi connectivity index (χ3n) is 1.38. The van der Waals surface area contributed by atoms with Gasteiger partial charge >= 0.3 is 0 Å². The molecule has 2 heteroatoms. The van der Waals surface area contributed by atoms with E-state index in [1.165, 1.54) is 0 Å². The standard InChI is InChI=1S/C8H9ClO/c1-6-3-4-7(10-2)5-8(6)9/h3-5H,1-2H3. The van der Waals surface area contributed by atoms with Crippen LogP contribution < -0.4 is 4.74 Å². The van der Waals surface area contributed by atoms with E-state index in [9.17, 15) is 0 Å². The van der Waals surface area contributed by atoms with Crippen molar-refractivity contribution >= 4 is 11.6 Å². The predicted octanol–water partition coefficient (Wildman–Crippen LogP) is 2.66. The van der Waals surface area contributed by atoms with E-state index in [4.69, 9.17) is 16.3 Å². The highest BCUT2D eigenvalue weighted by Gasteiger charge is 1.95. The van der Waals surface area contributed by atoms with Crippen molar-refractivity contribution in [1.82, 2.24) is 0 Å². The summed E-state index contributed by atoms with van der Waals surface area (Å²) >= 11 is 5.81. The maximum Gasteiger partial charge on any atom is 0.120 e. The van der Waals surface area contributed by atoms with Gasteiger partial charge in [-0.25, -0.2) is 0 Å². The van der Waals surface area contributed by atoms with E-state index in [2.05, 4.69) is 0 Å². The quantitative estimate of drug-likeness (QED) is 0.608. The van der Waals surface area contributed by atoms with Crippen molar-refractivity contribution in [1.29, 1.82) is 0 Å². The Kier molecular flexibility index (Phi) is 2.17. The molecule has 0 amide bonds. The Balaban J connectivity index is 3.04. The van der Waals surface area contributed by atoms with Gasteiger partial charge in [0.25, 0.3) is 0 Å². The lowest BCUT2D eigenvalue weighted by molar-refractivity contribution is 0.414. The highest BCUT2D eigenvalue weighted by molar-refractivity contribution is 6.31. The van der Waals surface area contributed by atoms with Crippen molar-refractivity contribution in [2.24, 2.45) is 0 Å². The van der Waals surface area contributed by atoms with Gasteiger partial charge in [-0.2, -0.15) is 0 Å². The highest BCUT2D eigenvalue weighted by Crippen LogP contribution is 2.20. The molecule has 0 fully saturated rings. The molecule has 0 radical (unpaired) electrons. The summed E-state index contributed by atoms with van der Waals surface area (Å²) in [6.07, 6.45) is 0. The van der Waals surface area contributed by atoms with Crippen molar-refractivity contribution < 1.29 is 4.74 Å². The normalized spacial score (nSPS) is 9.50. The molecule has 0 bridgehead atoms. The number of methoxy groups -OCH3 is 1. The summed E-state index contributed by atoms with van der Waals surface area (Å²) < 4.78 is 4.97. The lowest BCUT2D eigenvalue weighted by atomic mass is 10.2. The van der Waals surface area contributed by atoms with E-state index >= 15 is 0 Å².